The van der Waals surface area contributed by atoms with Gasteiger partial charge in [-0.3, -0.25) is 0 Å². The van der Waals surface area contributed by atoms with E-state index in [2.05, 4.69) is 79.7 Å². The van der Waals surface area contributed by atoms with Gasteiger partial charge in [0.1, 0.15) is 0 Å². The predicted molar refractivity (Wildman–Crippen MR) is 106 cm³/mol. The third kappa shape index (κ3) is 3.54. The van der Waals surface area contributed by atoms with Crippen LogP contribution in [0.25, 0.3) is 0 Å². The van der Waals surface area contributed by atoms with E-state index in [0.29, 0.717) is 0 Å². The molecule has 127 valence electrons. The molecule has 4 heteroatoms. The number of rotatable bonds is 5. The maximum atomic E-state index is 11.3. The molecule has 24 heavy (non-hydrogen) atoms. The normalized spacial score (nSPS) is 12.9. The molecule has 0 aliphatic heterocycles. The third-order valence-corrected chi connectivity index (χ3v) is 14.7. The Kier molecular flexibility index (Phi) is 7.27. The van der Waals surface area contributed by atoms with Gasteiger partial charge in [-0.05, 0) is 0 Å². The summed E-state index contributed by atoms with van der Waals surface area (Å²) in [6, 6.07) is 31.8. The van der Waals surface area contributed by atoms with Gasteiger partial charge in [-0.2, -0.15) is 0 Å². The molecule has 1 atom stereocenters. The molecule has 0 aliphatic rings. The first-order chi connectivity index (χ1) is 11.3. The molecule has 0 aromatic heterocycles. The Morgan fingerprint density at radius 1 is 0.667 bits per heavy atom. The Hall–Kier alpha value is -0.897. The molecule has 0 fully saturated rings. The van der Waals surface area contributed by atoms with Gasteiger partial charge in [0.05, 0.1) is 0 Å². The van der Waals surface area contributed by atoms with Crippen LogP contribution in [-0.4, -0.2) is 11.1 Å². The van der Waals surface area contributed by atoms with E-state index < -0.39 is 14.8 Å². The topological polar surface area (TPSA) is 20.2 Å². The third-order valence-electron chi connectivity index (χ3n) is 4.26. The molecule has 1 nitrogen and oxygen atoms in total. The van der Waals surface area contributed by atoms with E-state index in [1.165, 1.54) is 15.9 Å². The first-order valence-electron chi connectivity index (χ1n) is 7.93. The van der Waals surface area contributed by atoms with Crippen molar-refractivity contribution in [3.05, 3.63) is 91.0 Å². The van der Waals surface area contributed by atoms with Crippen LogP contribution in [0.2, 0.25) is 0 Å². The van der Waals surface area contributed by atoms with E-state index in [1.54, 1.807) is 0 Å². The first kappa shape index (κ1) is 19.4. The van der Waals surface area contributed by atoms with Crippen LogP contribution in [0.3, 0.4) is 0 Å². The smallest absolute Gasteiger partial charge is 0 e. The van der Waals surface area contributed by atoms with Crippen molar-refractivity contribution >= 4 is 30.7 Å². The van der Waals surface area contributed by atoms with Gasteiger partial charge in [0.15, 0.2) is 0 Å². The van der Waals surface area contributed by atoms with Crippen molar-refractivity contribution in [2.24, 2.45) is 0 Å². The second kappa shape index (κ2) is 8.98. The summed E-state index contributed by atoms with van der Waals surface area (Å²) < 4.78 is 0. The minimum atomic E-state index is -2.41. The molecule has 1 unspecified atom stereocenters. The maximum absolute atomic E-state index is 11.3. The quantitative estimate of drug-likeness (QED) is 0.467. The maximum Gasteiger partial charge on any atom is 0 e. The molecule has 0 saturated heterocycles. The number of hydrogen-bond donors (Lipinski definition) is 1. The Balaban J connectivity index is 0.00000208. The summed E-state index contributed by atoms with van der Waals surface area (Å²) in [6.07, 6.45) is 0.806. The van der Waals surface area contributed by atoms with Crippen LogP contribution < -0.4 is 15.9 Å². The van der Waals surface area contributed by atoms with Gasteiger partial charge in [-0.15, -0.1) is 0 Å². The van der Waals surface area contributed by atoms with Crippen LogP contribution in [0.5, 0.6) is 0 Å². The number of benzene rings is 3. The van der Waals surface area contributed by atoms with Gasteiger partial charge in [0, 0.05) is 19.5 Å². The monoisotopic (exact) mass is 443 g/mol. The molecule has 1 radical (unpaired) electrons. The van der Waals surface area contributed by atoms with Crippen molar-refractivity contribution < 1.29 is 24.4 Å². The fourth-order valence-electron chi connectivity index (χ4n) is 3.22. The van der Waals surface area contributed by atoms with Crippen molar-refractivity contribution in [3.8, 4) is 0 Å². The van der Waals surface area contributed by atoms with Gasteiger partial charge in [-0.1, -0.05) is 0 Å². The zero-order valence-electron chi connectivity index (χ0n) is 13.6. The Morgan fingerprint density at radius 3 is 1.21 bits per heavy atom. The van der Waals surface area contributed by atoms with Crippen LogP contribution in [0.1, 0.15) is 6.92 Å². The average molecular weight is 443 g/mol. The Labute approximate surface area is 159 Å². The average Bonchev–Trinajstić information content (AvgIpc) is 2.65. The van der Waals surface area contributed by atoms with Gasteiger partial charge >= 0.3 is 140 Å². The molecule has 1 N–H and O–H groups in total. The number of hydrogen-bond acceptors (Lipinski definition) is 1. The van der Waals surface area contributed by atoms with Crippen LogP contribution >= 0.6 is 14.8 Å². The molecular formula is C20H22OP2Rh. The molecule has 3 rings (SSSR count). The minimum absolute atomic E-state index is 0. The van der Waals surface area contributed by atoms with Crippen LogP contribution in [0.4, 0.5) is 0 Å². The standard InChI is InChI=1S/C20H22OP2.Rh/c1-2-22(21)23(18-12-6-3-7-13-18,19-14-8-4-9-15-19)20-16-10-5-11-17-20;/h3-17,21,23H,2H2,1H3;. The summed E-state index contributed by atoms with van der Waals surface area (Å²) >= 11 is 0. The summed E-state index contributed by atoms with van der Waals surface area (Å²) in [5.74, 6) is 0. The van der Waals surface area contributed by atoms with Crippen molar-refractivity contribution in [2.75, 3.05) is 6.16 Å². The molecule has 3 aromatic carbocycles. The SMILES string of the molecule is CCP(O)[PH](c1ccccc1)(c1ccccc1)c1ccccc1.[Rh]. The zero-order valence-corrected chi connectivity index (χ0v) is 17.1. The van der Waals surface area contributed by atoms with E-state index in [0.717, 1.165) is 6.16 Å². The molecule has 0 heterocycles. The largest absolute Gasteiger partial charge is 0 e. The van der Waals surface area contributed by atoms with E-state index in [-0.39, 0.29) is 19.5 Å². The van der Waals surface area contributed by atoms with Crippen molar-refractivity contribution in [2.45, 2.75) is 6.92 Å². The second-order valence-corrected chi connectivity index (χ2v) is 13.7. The van der Waals surface area contributed by atoms with Gasteiger partial charge in [-0.25, -0.2) is 0 Å². The molecule has 3 aromatic rings. The van der Waals surface area contributed by atoms with E-state index >= 15 is 0 Å². The van der Waals surface area contributed by atoms with Gasteiger partial charge in [0.25, 0.3) is 0 Å². The zero-order chi connectivity index (χ0) is 16.1. The Bertz CT molecular complexity index is 639. The summed E-state index contributed by atoms with van der Waals surface area (Å²) in [4.78, 5) is 11.3. The molecule has 0 bridgehead atoms. The van der Waals surface area contributed by atoms with Crippen LogP contribution in [0, 0.1) is 0 Å². The molecule has 0 aliphatic carbocycles. The molecule has 0 spiro atoms. The van der Waals surface area contributed by atoms with Gasteiger partial charge in [0.2, 0.25) is 0 Å². The van der Waals surface area contributed by atoms with Crippen LogP contribution in [-0.2, 0) is 19.5 Å². The molecule has 0 amide bonds. The first-order valence-corrected chi connectivity index (χ1v) is 12.3. The minimum Gasteiger partial charge on any atom is 0 e. The summed E-state index contributed by atoms with van der Waals surface area (Å²) in [6.45, 7) is -0.307. The van der Waals surface area contributed by atoms with Gasteiger partial charge < -0.3 is 0 Å². The predicted octanol–water partition coefficient (Wildman–Crippen LogP) is 4.03. The molecular weight excluding hydrogens is 421 g/mol. The summed E-state index contributed by atoms with van der Waals surface area (Å²) in [5.41, 5.74) is 0. The van der Waals surface area contributed by atoms with Crippen molar-refractivity contribution in [3.63, 3.8) is 0 Å². The van der Waals surface area contributed by atoms with E-state index in [1.807, 2.05) is 18.2 Å². The van der Waals surface area contributed by atoms with Crippen LogP contribution in [0.15, 0.2) is 91.0 Å². The molecule has 0 saturated carbocycles. The fraction of sp³-hybridized carbons (Fsp3) is 0.100. The van der Waals surface area contributed by atoms with Crippen molar-refractivity contribution in [1.29, 1.82) is 0 Å². The summed E-state index contributed by atoms with van der Waals surface area (Å²) in [5, 5.41) is 3.86. The second-order valence-electron chi connectivity index (χ2n) is 5.52. The van der Waals surface area contributed by atoms with Crippen molar-refractivity contribution in [1.82, 2.24) is 0 Å². The fourth-order valence-corrected chi connectivity index (χ4v) is 13.1. The van der Waals surface area contributed by atoms with E-state index in [4.69, 9.17) is 0 Å². The summed E-state index contributed by atoms with van der Waals surface area (Å²) in [7, 11) is -1.12. The van der Waals surface area contributed by atoms with E-state index in [9.17, 15) is 4.89 Å². The Morgan fingerprint density at radius 2 is 0.958 bits per heavy atom.